The van der Waals surface area contributed by atoms with Crippen LogP contribution in [0.15, 0.2) is 0 Å². The number of nitrogens with one attached hydrogen (secondary N) is 3. The highest BCUT2D eigenvalue weighted by molar-refractivity contribution is 5.75. The highest BCUT2D eigenvalue weighted by Gasteiger charge is 2.42. The zero-order valence-electron chi connectivity index (χ0n) is 10.1. The van der Waals surface area contributed by atoms with Gasteiger partial charge >= 0.3 is 6.03 Å². The first kappa shape index (κ1) is 11.3. The summed E-state index contributed by atoms with van der Waals surface area (Å²) in [5.74, 6) is 1.06. The summed E-state index contributed by atoms with van der Waals surface area (Å²) in [5, 5.41) is 9.40. The van der Waals surface area contributed by atoms with Crippen LogP contribution in [-0.2, 0) is 4.74 Å². The normalized spacial score (nSPS) is 39.1. The van der Waals surface area contributed by atoms with Crippen molar-refractivity contribution in [1.29, 1.82) is 0 Å². The van der Waals surface area contributed by atoms with Crippen molar-refractivity contribution in [2.45, 2.75) is 38.0 Å². The van der Waals surface area contributed by atoms with Crippen LogP contribution in [-0.4, -0.2) is 38.0 Å². The third-order valence-electron chi connectivity index (χ3n) is 4.29. The van der Waals surface area contributed by atoms with Crippen molar-refractivity contribution in [3.05, 3.63) is 0 Å². The monoisotopic (exact) mass is 239 g/mol. The Balaban J connectivity index is 1.73. The molecule has 17 heavy (non-hydrogen) atoms. The molecule has 3 aliphatic rings. The van der Waals surface area contributed by atoms with Gasteiger partial charge in [-0.2, -0.15) is 0 Å². The van der Waals surface area contributed by atoms with Crippen molar-refractivity contribution in [2.75, 3.05) is 19.7 Å². The molecule has 0 aliphatic carbocycles. The standard InChI is InChI=1S/C12H21N3O2/c16-12-14-10(8-3-5-13-6-4-8)9-2-1-7-17-11(9)15-12/h8-11,13H,1-7H2,(H2,14,15,16)/t9-,10-,11-/m0/s1. The number of fused-ring (bicyclic) bond motifs is 1. The SMILES string of the molecule is O=C1N[C@H]2OCCC[C@H]2[C@H](C2CCNCC2)N1. The predicted octanol–water partition coefficient (Wildman–Crippen LogP) is 0.420. The zero-order chi connectivity index (χ0) is 11.7. The lowest BCUT2D eigenvalue weighted by molar-refractivity contribution is -0.0687. The molecule has 3 N–H and O–H groups in total. The number of urea groups is 1. The largest absolute Gasteiger partial charge is 0.358 e. The van der Waals surface area contributed by atoms with E-state index < -0.39 is 0 Å². The minimum atomic E-state index is -0.0586. The molecule has 3 atom stereocenters. The van der Waals surface area contributed by atoms with E-state index in [0.29, 0.717) is 17.9 Å². The molecule has 3 heterocycles. The first-order valence-electron chi connectivity index (χ1n) is 6.74. The summed E-state index contributed by atoms with van der Waals surface area (Å²) in [4.78, 5) is 11.7. The number of ether oxygens (including phenoxy) is 1. The quantitative estimate of drug-likeness (QED) is 0.621. The summed E-state index contributed by atoms with van der Waals surface area (Å²) in [6.45, 7) is 2.92. The van der Waals surface area contributed by atoms with Crippen molar-refractivity contribution in [3.8, 4) is 0 Å². The van der Waals surface area contributed by atoms with E-state index in [-0.39, 0.29) is 12.3 Å². The fraction of sp³-hybridized carbons (Fsp3) is 0.917. The third kappa shape index (κ3) is 2.26. The van der Waals surface area contributed by atoms with E-state index in [1.165, 1.54) is 0 Å². The van der Waals surface area contributed by atoms with Gasteiger partial charge < -0.3 is 20.7 Å². The smallest absolute Gasteiger partial charge is 0.317 e. The topological polar surface area (TPSA) is 62.4 Å². The van der Waals surface area contributed by atoms with Crippen molar-refractivity contribution in [2.24, 2.45) is 11.8 Å². The van der Waals surface area contributed by atoms with Gasteiger partial charge in [0.15, 0.2) is 0 Å². The molecule has 0 saturated carbocycles. The first-order chi connectivity index (χ1) is 8.34. The van der Waals surface area contributed by atoms with Crippen molar-refractivity contribution in [3.63, 3.8) is 0 Å². The highest BCUT2D eigenvalue weighted by Crippen LogP contribution is 2.32. The molecule has 0 aromatic rings. The molecule has 0 unspecified atom stereocenters. The Labute approximate surface area is 102 Å². The second-order valence-corrected chi connectivity index (χ2v) is 5.33. The van der Waals surface area contributed by atoms with E-state index in [1.807, 2.05) is 0 Å². The van der Waals surface area contributed by atoms with E-state index in [9.17, 15) is 4.79 Å². The lowest BCUT2D eigenvalue weighted by Gasteiger charge is -2.45. The second-order valence-electron chi connectivity index (χ2n) is 5.33. The molecule has 0 spiro atoms. The van der Waals surface area contributed by atoms with Gasteiger partial charge in [0, 0.05) is 18.6 Å². The molecular weight excluding hydrogens is 218 g/mol. The number of hydrogen-bond acceptors (Lipinski definition) is 3. The summed E-state index contributed by atoms with van der Waals surface area (Å²) >= 11 is 0. The summed E-state index contributed by atoms with van der Waals surface area (Å²) in [6, 6.07) is 0.243. The van der Waals surface area contributed by atoms with Gasteiger partial charge in [0.1, 0.15) is 6.23 Å². The molecule has 3 saturated heterocycles. The van der Waals surface area contributed by atoms with E-state index in [1.54, 1.807) is 0 Å². The van der Waals surface area contributed by atoms with Gasteiger partial charge in [-0.1, -0.05) is 0 Å². The van der Waals surface area contributed by atoms with Crippen molar-refractivity contribution < 1.29 is 9.53 Å². The number of rotatable bonds is 1. The van der Waals surface area contributed by atoms with Crippen LogP contribution in [0.3, 0.4) is 0 Å². The van der Waals surface area contributed by atoms with Gasteiger partial charge in [0.05, 0.1) is 0 Å². The molecule has 96 valence electrons. The molecule has 2 amide bonds. The minimum absolute atomic E-state index is 0.0580. The Morgan fingerprint density at radius 2 is 1.94 bits per heavy atom. The van der Waals surface area contributed by atoms with Crippen LogP contribution in [0.5, 0.6) is 0 Å². The first-order valence-corrected chi connectivity index (χ1v) is 6.74. The number of hydrogen-bond donors (Lipinski definition) is 3. The summed E-state index contributed by atoms with van der Waals surface area (Å²) in [7, 11) is 0. The van der Waals surface area contributed by atoms with Crippen LogP contribution < -0.4 is 16.0 Å². The third-order valence-corrected chi connectivity index (χ3v) is 4.29. The van der Waals surface area contributed by atoms with Gasteiger partial charge in [-0.15, -0.1) is 0 Å². The van der Waals surface area contributed by atoms with E-state index in [2.05, 4.69) is 16.0 Å². The maximum Gasteiger partial charge on any atom is 0.317 e. The maximum atomic E-state index is 11.7. The van der Waals surface area contributed by atoms with E-state index in [4.69, 9.17) is 4.74 Å². The van der Waals surface area contributed by atoms with Crippen LogP contribution in [0.4, 0.5) is 4.79 Å². The van der Waals surface area contributed by atoms with E-state index >= 15 is 0 Å². The molecule has 0 aromatic carbocycles. The van der Waals surface area contributed by atoms with E-state index in [0.717, 1.165) is 45.4 Å². The van der Waals surface area contributed by atoms with Gasteiger partial charge in [0.2, 0.25) is 0 Å². The lowest BCUT2D eigenvalue weighted by atomic mass is 9.78. The molecule has 3 fully saturated rings. The lowest BCUT2D eigenvalue weighted by Crippen LogP contribution is -2.64. The molecule has 5 nitrogen and oxygen atoms in total. The Hall–Kier alpha value is -0.810. The van der Waals surface area contributed by atoms with Crippen molar-refractivity contribution in [1.82, 2.24) is 16.0 Å². The molecule has 0 aromatic heterocycles. The minimum Gasteiger partial charge on any atom is -0.358 e. The zero-order valence-corrected chi connectivity index (χ0v) is 10.1. The van der Waals surface area contributed by atoms with Crippen molar-refractivity contribution >= 4 is 6.03 Å². The number of piperidine rings is 1. The summed E-state index contributed by atoms with van der Waals surface area (Å²) < 4.78 is 5.69. The highest BCUT2D eigenvalue weighted by atomic mass is 16.5. The van der Waals surface area contributed by atoms with Crippen LogP contribution in [0.2, 0.25) is 0 Å². The fourth-order valence-electron chi connectivity index (χ4n) is 3.42. The Morgan fingerprint density at radius 1 is 1.12 bits per heavy atom. The molecule has 0 bridgehead atoms. The number of carbonyl (C=O) groups excluding carboxylic acids is 1. The van der Waals surface area contributed by atoms with Crippen LogP contribution >= 0.6 is 0 Å². The molecule has 3 rings (SSSR count). The number of amides is 2. The maximum absolute atomic E-state index is 11.7. The summed E-state index contributed by atoms with van der Waals surface area (Å²) in [6.07, 6.45) is 4.53. The molecular formula is C12H21N3O2. The number of carbonyl (C=O) groups is 1. The average Bonchev–Trinajstić information content (AvgIpc) is 2.39. The predicted molar refractivity (Wildman–Crippen MR) is 63.5 cm³/mol. The Morgan fingerprint density at radius 3 is 2.76 bits per heavy atom. The van der Waals surface area contributed by atoms with Crippen LogP contribution in [0, 0.1) is 11.8 Å². The van der Waals surface area contributed by atoms with Crippen LogP contribution in [0.25, 0.3) is 0 Å². The molecule has 5 heteroatoms. The molecule has 0 radical (unpaired) electrons. The van der Waals surface area contributed by atoms with Gasteiger partial charge in [-0.05, 0) is 44.7 Å². The second kappa shape index (κ2) is 4.82. The molecule has 3 aliphatic heterocycles. The Bertz CT molecular complexity index is 291. The fourth-order valence-corrected chi connectivity index (χ4v) is 3.42. The average molecular weight is 239 g/mol. The summed E-state index contributed by atoms with van der Waals surface area (Å²) in [5.41, 5.74) is 0. The van der Waals surface area contributed by atoms with Gasteiger partial charge in [0.25, 0.3) is 0 Å². The van der Waals surface area contributed by atoms with Gasteiger partial charge in [-0.3, -0.25) is 0 Å². The van der Waals surface area contributed by atoms with Gasteiger partial charge in [-0.25, -0.2) is 4.79 Å². The van der Waals surface area contributed by atoms with Crippen LogP contribution in [0.1, 0.15) is 25.7 Å². The Kier molecular flexibility index (Phi) is 3.20.